The van der Waals surface area contributed by atoms with E-state index in [1.165, 1.54) is 7.11 Å². The minimum absolute atomic E-state index is 0.0175. The summed E-state index contributed by atoms with van der Waals surface area (Å²) in [6, 6.07) is 0. The van der Waals surface area contributed by atoms with Crippen LogP contribution in [0.5, 0.6) is 0 Å². The van der Waals surface area contributed by atoms with E-state index in [4.69, 9.17) is 0 Å². The van der Waals surface area contributed by atoms with Gasteiger partial charge in [0.05, 0.1) is 20.1 Å². The summed E-state index contributed by atoms with van der Waals surface area (Å²) < 4.78 is 8.92. The number of ketones is 1. The van der Waals surface area contributed by atoms with Crippen molar-refractivity contribution in [1.29, 1.82) is 0 Å². The Morgan fingerprint density at radius 2 is 1.71 bits per heavy atom. The number of ether oxygens (including phenoxy) is 2. The molecule has 5 nitrogen and oxygen atoms in total. The minimum atomic E-state index is -0.584. The highest BCUT2D eigenvalue weighted by Crippen LogP contribution is 1.98. The van der Waals surface area contributed by atoms with Crippen LogP contribution < -0.4 is 0 Å². The van der Waals surface area contributed by atoms with Crippen LogP contribution in [0.3, 0.4) is 0 Å². The van der Waals surface area contributed by atoms with Gasteiger partial charge in [0.15, 0.2) is 0 Å². The Kier molecular flexibility index (Phi) is 6.36. The van der Waals surface area contributed by atoms with Gasteiger partial charge in [-0.05, 0) is 6.92 Å². The van der Waals surface area contributed by atoms with Crippen LogP contribution in [0.1, 0.15) is 26.2 Å². The second kappa shape index (κ2) is 7.06. The molecule has 80 valence electrons. The number of hydrogen-bond donors (Lipinski definition) is 0. The Morgan fingerprint density at radius 1 is 1.07 bits per heavy atom. The fraction of sp³-hybridized carbons (Fsp3) is 0.667. The molecule has 0 saturated heterocycles. The van der Waals surface area contributed by atoms with Crippen molar-refractivity contribution in [2.75, 3.05) is 13.7 Å². The molecule has 0 fully saturated rings. The first-order valence-electron chi connectivity index (χ1n) is 4.34. The molecule has 5 heteroatoms. The lowest BCUT2D eigenvalue weighted by molar-refractivity contribution is -0.147. The smallest absolute Gasteiger partial charge is 0.313 e. The van der Waals surface area contributed by atoms with Gasteiger partial charge in [-0.3, -0.25) is 14.4 Å². The lowest BCUT2D eigenvalue weighted by Gasteiger charge is -2.00. The van der Waals surface area contributed by atoms with Gasteiger partial charge in [0.25, 0.3) is 0 Å². The summed E-state index contributed by atoms with van der Waals surface area (Å²) in [5, 5.41) is 0. The van der Waals surface area contributed by atoms with Gasteiger partial charge in [0.2, 0.25) is 0 Å². The van der Waals surface area contributed by atoms with Gasteiger partial charge in [-0.25, -0.2) is 0 Å². The summed E-state index contributed by atoms with van der Waals surface area (Å²) in [5.41, 5.74) is 0. The van der Waals surface area contributed by atoms with Crippen molar-refractivity contribution >= 4 is 17.7 Å². The van der Waals surface area contributed by atoms with Crippen molar-refractivity contribution in [3.8, 4) is 0 Å². The number of hydrogen-bond acceptors (Lipinski definition) is 5. The second-order valence-corrected chi connectivity index (χ2v) is 2.60. The van der Waals surface area contributed by atoms with E-state index in [1.54, 1.807) is 6.92 Å². The molecule has 0 aliphatic rings. The van der Waals surface area contributed by atoms with E-state index < -0.39 is 11.9 Å². The lowest BCUT2D eigenvalue weighted by Crippen LogP contribution is -2.12. The zero-order chi connectivity index (χ0) is 11.0. The number of rotatable bonds is 6. The molecule has 14 heavy (non-hydrogen) atoms. The zero-order valence-electron chi connectivity index (χ0n) is 8.37. The van der Waals surface area contributed by atoms with Crippen LogP contribution in [0.15, 0.2) is 0 Å². The molecule has 0 aromatic heterocycles. The minimum Gasteiger partial charge on any atom is -0.469 e. The van der Waals surface area contributed by atoms with E-state index in [0.29, 0.717) is 6.61 Å². The van der Waals surface area contributed by atoms with Crippen molar-refractivity contribution in [3.63, 3.8) is 0 Å². The molecule has 0 radical (unpaired) electrons. The van der Waals surface area contributed by atoms with Crippen LogP contribution in [0.2, 0.25) is 0 Å². The summed E-state index contributed by atoms with van der Waals surface area (Å²) >= 11 is 0. The standard InChI is InChI=1S/C9H14O5/c1-3-14-8(11)5-4-7(10)6-9(12)13-2/h3-6H2,1-2H3. The molecule has 0 bridgehead atoms. The van der Waals surface area contributed by atoms with Crippen LogP contribution >= 0.6 is 0 Å². The molecule has 0 aromatic carbocycles. The maximum Gasteiger partial charge on any atom is 0.313 e. The predicted octanol–water partition coefficient (Wildman–Crippen LogP) is 0.462. The Hall–Kier alpha value is -1.39. The monoisotopic (exact) mass is 202 g/mol. The Balaban J connectivity index is 3.63. The van der Waals surface area contributed by atoms with E-state index in [2.05, 4.69) is 9.47 Å². The third-order valence-corrected chi connectivity index (χ3v) is 1.48. The van der Waals surface area contributed by atoms with Crippen LogP contribution in [-0.2, 0) is 23.9 Å². The predicted molar refractivity (Wildman–Crippen MR) is 47.5 cm³/mol. The van der Waals surface area contributed by atoms with Gasteiger partial charge in [-0.1, -0.05) is 0 Å². The van der Waals surface area contributed by atoms with E-state index in [9.17, 15) is 14.4 Å². The molecule has 0 atom stereocenters. The molecule has 0 aliphatic heterocycles. The highest BCUT2D eigenvalue weighted by molar-refractivity contribution is 5.96. The topological polar surface area (TPSA) is 69.7 Å². The van der Waals surface area contributed by atoms with Gasteiger partial charge in [0.1, 0.15) is 12.2 Å². The molecule has 0 heterocycles. The lowest BCUT2D eigenvalue weighted by atomic mass is 10.2. The number of carbonyl (C=O) groups is 3. The average Bonchev–Trinajstić information content (AvgIpc) is 2.15. The summed E-state index contributed by atoms with van der Waals surface area (Å²) in [7, 11) is 1.21. The fourth-order valence-corrected chi connectivity index (χ4v) is 0.796. The highest BCUT2D eigenvalue weighted by Gasteiger charge is 2.11. The van der Waals surface area contributed by atoms with Gasteiger partial charge < -0.3 is 9.47 Å². The van der Waals surface area contributed by atoms with Crippen molar-refractivity contribution < 1.29 is 23.9 Å². The van der Waals surface area contributed by atoms with Gasteiger partial charge >= 0.3 is 11.9 Å². The molecule has 0 saturated carbocycles. The maximum atomic E-state index is 11.0. The van der Waals surface area contributed by atoms with Crippen molar-refractivity contribution in [3.05, 3.63) is 0 Å². The van der Waals surface area contributed by atoms with Gasteiger partial charge in [0, 0.05) is 6.42 Å². The van der Waals surface area contributed by atoms with Gasteiger partial charge in [-0.2, -0.15) is 0 Å². The first-order chi connectivity index (χ1) is 6.60. The number of Topliss-reactive ketones (excluding diaryl/α,β-unsaturated/α-hetero) is 1. The third-order valence-electron chi connectivity index (χ3n) is 1.48. The summed E-state index contributed by atoms with van der Waals surface area (Å²) in [6.07, 6.45) is -0.243. The summed E-state index contributed by atoms with van der Waals surface area (Å²) in [6.45, 7) is 1.98. The second-order valence-electron chi connectivity index (χ2n) is 2.60. The van der Waals surface area contributed by atoms with Crippen molar-refractivity contribution in [1.82, 2.24) is 0 Å². The molecule has 0 unspecified atom stereocenters. The quantitative estimate of drug-likeness (QED) is 0.462. The molecule has 0 rings (SSSR count). The maximum absolute atomic E-state index is 11.0. The summed E-state index contributed by atoms with van der Waals surface area (Å²) in [4.78, 5) is 32.5. The van der Waals surface area contributed by atoms with Gasteiger partial charge in [-0.15, -0.1) is 0 Å². The van der Waals surface area contributed by atoms with Crippen LogP contribution in [0.25, 0.3) is 0 Å². The number of esters is 2. The van der Waals surface area contributed by atoms with Crippen LogP contribution in [0, 0.1) is 0 Å². The molecule has 0 aromatic rings. The Morgan fingerprint density at radius 3 is 2.21 bits per heavy atom. The molecule has 0 aliphatic carbocycles. The van der Waals surface area contributed by atoms with Crippen LogP contribution in [-0.4, -0.2) is 31.4 Å². The van der Waals surface area contributed by atoms with Crippen molar-refractivity contribution in [2.24, 2.45) is 0 Å². The Bertz CT molecular complexity index is 221. The molecule has 0 amide bonds. The first kappa shape index (κ1) is 12.6. The van der Waals surface area contributed by atoms with E-state index in [-0.39, 0.29) is 25.0 Å². The normalized spacial score (nSPS) is 9.29. The molecule has 0 spiro atoms. The first-order valence-corrected chi connectivity index (χ1v) is 4.34. The highest BCUT2D eigenvalue weighted by atomic mass is 16.5. The Labute approximate surface area is 82.4 Å². The van der Waals surface area contributed by atoms with E-state index in [0.717, 1.165) is 0 Å². The largest absolute Gasteiger partial charge is 0.469 e. The molecule has 0 N–H and O–H groups in total. The number of methoxy groups -OCH3 is 1. The third kappa shape index (κ3) is 6.16. The van der Waals surface area contributed by atoms with E-state index in [1.807, 2.05) is 0 Å². The average molecular weight is 202 g/mol. The fourth-order valence-electron chi connectivity index (χ4n) is 0.796. The van der Waals surface area contributed by atoms with E-state index >= 15 is 0 Å². The summed E-state index contributed by atoms with van der Waals surface area (Å²) in [5.74, 6) is -1.32. The number of carbonyl (C=O) groups excluding carboxylic acids is 3. The van der Waals surface area contributed by atoms with Crippen LogP contribution in [0.4, 0.5) is 0 Å². The molecular weight excluding hydrogens is 188 g/mol. The molecular formula is C9H14O5. The SMILES string of the molecule is CCOC(=O)CCC(=O)CC(=O)OC. The van der Waals surface area contributed by atoms with Crippen molar-refractivity contribution in [2.45, 2.75) is 26.2 Å². The zero-order valence-corrected chi connectivity index (χ0v) is 8.37.